The summed E-state index contributed by atoms with van der Waals surface area (Å²) in [4.78, 5) is 4.49. The van der Waals surface area contributed by atoms with Gasteiger partial charge in [0.25, 0.3) is 0 Å². The Hall–Kier alpha value is -0.870. The van der Waals surface area contributed by atoms with Gasteiger partial charge in [-0.2, -0.15) is 0 Å². The second kappa shape index (κ2) is 6.06. The second-order valence-electron chi connectivity index (χ2n) is 5.93. The molecule has 4 nitrogen and oxygen atoms in total. The van der Waals surface area contributed by atoms with Crippen molar-refractivity contribution in [3.05, 3.63) is 18.2 Å². The summed E-state index contributed by atoms with van der Waals surface area (Å²) in [6.07, 6.45) is 9.50. The van der Waals surface area contributed by atoms with Gasteiger partial charge < -0.3 is 15.0 Å². The minimum Gasteiger partial charge on any atom is -0.376 e. The van der Waals surface area contributed by atoms with E-state index in [1.807, 2.05) is 12.4 Å². The lowest BCUT2D eigenvalue weighted by atomic mass is 9.74. The summed E-state index contributed by atoms with van der Waals surface area (Å²) < 4.78 is 8.06. The Morgan fingerprint density at radius 2 is 2.42 bits per heavy atom. The molecule has 1 fully saturated rings. The van der Waals surface area contributed by atoms with E-state index in [4.69, 9.17) is 10.5 Å². The Morgan fingerprint density at radius 1 is 1.63 bits per heavy atom. The predicted molar refractivity (Wildman–Crippen MR) is 76.8 cm³/mol. The molecule has 0 bridgehead atoms. The molecule has 1 heterocycles. The molecule has 2 N–H and O–H groups in total. The number of ether oxygens (including phenoxy) is 1. The van der Waals surface area contributed by atoms with Gasteiger partial charge in [0, 0.05) is 26.0 Å². The summed E-state index contributed by atoms with van der Waals surface area (Å²) in [6, 6.07) is -0.137. The van der Waals surface area contributed by atoms with E-state index >= 15 is 0 Å². The van der Waals surface area contributed by atoms with Crippen LogP contribution in [-0.2, 0) is 11.3 Å². The van der Waals surface area contributed by atoms with Crippen LogP contribution >= 0.6 is 0 Å². The Labute approximate surface area is 116 Å². The van der Waals surface area contributed by atoms with Gasteiger partial charge in [0.2, 0.25) is 0 Å². The lowest BCUT2D eigenvalue weighted by molar-refractivity contribution is -0.0741. The van der Waals surface area contributed by atoms with E-state index in [1.54, 1.807) is 7.11 Å². The Bertz CT molecular complexity index is 404. The zero-order chi connectivity index (χ0) is 13.9. The van der Waals surface area contributed by atoms with Crippen LogP contribution in [0.1, 0.15) is 57.8 Å². The Kier molecular flexibility index (Phi) is 4.63. The van der Waals surface area contributed by atoms with Crippen LogP contribution < -0.4 is 5.73 Å². The van der Waals surface area contributed by atoms with Crippen molar-refractivity contribution in [1.29, 1.82) is 0 Å². The molecule has 0 spiro atoms. The number of aromatic nitrogens is 2. The maximum atomic E-state index is 6.54. The van der Waals surface area contributed by atoms with Crippen LogP contribution in [0.5, 0.6) is 0 Å². The van der Waals surface area contributed by atoms with Gasteiger partial charge >= 0.3 is 0 Å². The number of nitrogens with two attached hydrogens (primary N) is 1. The van der Waals surface area contributed by atoms with Crippen LogP contribution in [-0.4, -0.2) is 22.3 Å². The molecule has 3 atom stereocenters. The third-order valence-electron chi connectivity index (χ3n) is 4.45. The van der Waals surface area contributed by atoms with Crippen LogP contribution in [0.4, 0.5) is 0 Å². The number of nitrogens with zero attached hydrogens (tertiary/aromatic N) is 2. The molecule has 0 saturated heterocycles. The van der Waals surface area contributed by atoms with Crippen molar-refractivity contribution in [2.75, 3.05) is 7.11 Å². The highest BCUT2D eigenvalue weighted by Crippen LogP contribution is 2.41. The summed E-state index contributed by atoms with van der Waals surface area (Å²) in [6.45, 7) is 5.43. The maximum Gasteiger partial charge on any atom is 0.128 e. The van der Waals surface area contributed by atoms with Crippen molar-refractivity contribution in [1.82, 2.24) is 9.55 Å². The summed E-state index contributed by atoms with van der Waals surface area (Å²) in [5, 5.41) is 0. The lowest BCUT2D eigenvalue weighted by Gasteiger charge is -2.42. The van der Waals surface area contributed by atoms with Crippen LogP contribution in [0, 0.1) is 5.92 Å². The van der Waals surface area contributed by atoms with Crippen LogP contribution in [0.3, 0.4) is 0 Å². The zero-order valence-corrected chi connectivity index (χ0v) is 12.4. The molecule has 0 amide bonds. The monoisotopic (exact) mass is 265 g/mol. The highest BCUT2D eigenvalue weighted by Gasteiger charge is 2.42. The van der Waals surface area contributed by atoms with Gasteiger partial charge in [-0.25, -0.2) is 4.98 Å². The fourth-order valence-electron chi connectivity index (χ4n) is 3.40. The topological polar surface area (TPSA) is 53.1 Å². The molecule has 0 aliphatic heterocycles. The number of hydrogen-bond acceptors (Lipinski definition) is 3. The molecular weight excluding hydrogens is 238 g/mol. The summed E-state index contributed by atoms with van der Waals surface area (Å²) in [7, 11) is 1.80. The molecular formula is C15H27N3O. The highest BCUT2D eigenvalue weighted by atomic mass is 16.5. The smallest absolute Gasteiger partial charge is 0.128 e. The van der Waals surface area contributed by atoms with Crippen molar-refractivity contribution in [2.45, 2.75) is 64.1 Å². The van der Waals surface area contributed by atoms with E-state index < -0.39 is 0 Å². The molecule has 108 valence electrons. The fourth-order valence-corrected chi connectivity index (χ4v) is 3.40. The van der Waals surface area contributed by atoms with Gasteiger partial charge in [0.1, 0.15) is 5.82 Å². The molecule has 1 aliphatic rings. The fraction of sp³-hybridized carbons (Fsp3) is 0.800. The average Bonchev–Trinajstić information content (AvgIpc) is 2.86. The van der Waals surface area contributed by atoms with Crippen molar-refractivity contribution >= 4 is 0 Å². The SMILES string of the molecule is CCCn1ccnc1C(N)C1(OC)CCCC(C)C1. The second-order valence-corrected chi connectivity index (χ2v) is 5.93. The van der Waals surface area contributed by atoms with Crippen molar-refractivity contribution < 1.29 is 4.74 Å². The van der Waals surface area contributed by atoms with Crippen molar-refractivity contribution in [2.24, 2.45) is 11.7 Å². The molecule has 4 heteroatoms. The molecule has 1 aliphatic carbocycles. The van der Waals surface area contributed by atoms with E-state index in [0.717, 1.165) is 31.6 Å². The first-order valence-electron chi connectivity index (χ1n) is 7.44. The largest absolute Gasteiger partial charge is 0.376 e. The van der Waals surface area contributed by atoms with E-state index in [9.17, 15) is 0 Å². The number of hydrogen-bond donors (Lipinski definition) is 1. The highest BCUT2D eigenvalue weighted by molar-refractivity contribution is 5.08. The van der Waals surface area contributed by atoms with E-state index in [1.165, 1.54) is 12.8 Å². The summed E-state index contributed by atoms with van der Waals surface area (Å²) in [5.74, 6) is 1.65. The first-order valence-corrected chi connectivity index (χ1v) is 7.44. The van der Waals surface area contributed by atoms with Gasteiger partial charge in [-0.3, -0.25) is 0 Å². The van der Waals surface area contributed by atoms with E-state index in [2.05, 4.69) is 23.4 Å². The number of aryl methyl sites for hydroxylation is 1. The van der Waals surface area contributed by atoms with Gasteiger partial charge in [-0.05, 0) is 25.2 Å². The minimum absolute atomic E-state index is 0.137. The molecule has 1 aromatic heterocycles. The number of rotatable bonds is 5. The first kappa shape index (κ1) is 14.5. The van der Waals surface area contributed by atoms with Crippen LogP contribution in [0.15, 0.2) is 12.4 Å². The Morgan fingerprint density at radius 3 is 3.05 bits per heavy atom. The lowest BCUT2D eigenvalue weighted by Crippen LogP contribution is -2.47. The first-order chi connectivity index (χ1) is 9.13. The van der Waals surface area contributed by atoms with Gasteiger partial charge in [-0.1, -0.05) is 26.7 Å². The third-order valence-corrected chi connectivity index (χ3v) is 4.45. The molecule has 0 radical (unpaired) electrons. The van der Waals surface area contributed by atoms with Crippen LogP contribution in [0.2, 0.25) is 0 Å². The predicted octanol–water partition coefficient (Wildman–Crippen LogP) is 2.89. The quantitative estimate of drug-likeness (QED) is 0.890. The molecule has 1 aromatic rings. The van der Waals surface area contributed by atoms with Gasteiger partial charge in [-0.15, -0.1) is 0 Å². The summed E-state index contributed by atoms with van der Waals surface area (Å²) in [5.41, 5.74) is 6.30. The summed E-state index contributed by atoms with van der Waals surface area (Å²) >= 11 is 0. The standard InChI is InChI=1S/C15H27N3O/c1-4-9-18-10-8-17-14(18)13(16)15(19-3)7-5-6-12(2)11-15/h8,10,12-13H,4-7,9,11,16H2,1-3H3. The molecule has 3 unspecified atom stereocenters. The zero-order valence-electron chi connectivity index (χ0n) is 12.4. The minimum atomic E-state index is -0.242. The third kappa shape index (κ3) is 2.84. The average molecular weight is 265 g/mol. The normalized spacial score (nSPS) is 29.4. The molecule has 1 saturated carbocycles. The van der Waals surface area contributed by atoms with Crippen molar-refractivity contribution in [3.8, 4) is 0 Å². The molecule has 0 aromatic carbocycles. The number of imidazole rings is 1. The van der Waals surface area contributed by atoms with Crippen LogP contribution in [0.25, 0.3) is 0 Å². The van der Waals surface area contributed by atoms with Gasteiger partial charge in [0.15, 0.2) is 0 Å². The molecule has 19 heavy (non-hydrogen) atoms. The maximum absolute atomic E-state index is 6.54. The van der Waals surface area contributed by atoms with E-state index in [0.29, 0.717) is 5.92 Å². The van der Waals surface area contributed by atoms with Gasteiger partial charge in [0.05, 0.1) is 11.6 Å². The molecule has 2 rings (SSSR count). The Balaban J connectivity index is 2.24. The van der Waals surface area contributed by atoms with E-state index in [-0.39, 0.29) is 11.6 Å². The number of methoxy groups -OCH3 is 1. The van der Waals surface area contributed by atoms with Crippen molar-refractivity contribution in [3.63, 3.8) is 0 Å².